The molecule has 19 heavy (non-hydrogen) atoms. The van der Waals surface area contributed by atoms with E-state index in [-0.39, 0.29) is 28.8 Å². The normalized spacial score (nSPS) is 20.1. The molecular formula is C12H15FN2O3S. The molecule has 1 heterocycles. The van der Waals surface area contributed by atoms with E-state index >= 15 is 0 Å². The highest BCUT2D eigenvalue weighted by atomic mass is 32.2. The van der Waals surface area contributed by atoms with Gasteiger partial charge in [-0.1, -0.05) is 0 Å². The maximum absolute atomic E-state index is 13.8. The highest BCUT2D eigenvalue weighted by molar-refractivity contribution is 7.90. The second-order valence-corrected chi connectivity index (χ2v) is 6.71. The lowest BCUT2D eigenvalue weighted by molar-refractivity contribution is -0.117. The molecule has 104 valence electrons. The van der Waals surface area contributed by atoms with E-state index in [4.69, 9.17) is 5.73 Å². The van der Waals surface area contributed by atoms with Crippen molar-refractivity contribution in [2.45, 2.75) is 11.3 Å². The Hall–Kier alpha value is -1.47. The van der Waals surface area contributed by atoms with Crippen LogP contribution in [0.5, 0.6) is 0 Å². The molecule has 1 unspecified atom stereocenters. The summed E-state index contributed by atoms with van der Waals surface area (Å²) in [4.78, 5) is 13.1. The van der Waals surface area contributed by atoms with Crippen molar-refractivity contribution in [1.82, 2.24) is 0 Å². The largest absolute Gasteiger partial charge is 0.330 e. The van der Waals surface area contributed by atoms with Crippen molar-refractivity contribution >= 4 is 21.4 Å². The maximum Gasteiger partial charge on any atom is 0.227 e. The van der Waals surface area contributed by atoms with Gasteiger partial charge >= 0.3 is 0 Å². The average molecular weight is 286 g/mol. The van der Waals surface area contributed by atoms with Crippen molar-refractivity contribution in [3.63, 3.8) is 0 Å². The molecule has 0 saturated carbocycles. The fourth-order valence-corrected chi connectivity index (χ4v) is 2.74. The van der Waals surface area contributed by atoms with E-state index in [2.05, 4.69) is 0 Å². The van der Waals surface area contributed by atoms with Crippen LogP contribution < -0.4 is 10.6 Å². The highest BCUT2D eigenvalue weighted by Gasteiger charge is 2.31. The number of carbonyl (C=O) groups is 1. The van der Waals surface area contributed by atoms with Crippen molar-refractivity contribution < 1.29 is 17.6 Å². The van der Waals surface area contributed by atoms with Gasteiger partial charge in [-0.05, 0) is 30.7 Å². The number of halogens is 1. The first-order chi connectivity index (χ1) is 8.82. The van der Waals surface area contributed by atoms with Gasteiger partial charge in [0.25, 0.3) is 0 Å². The fourth-order valence-electron chi connectivity index (χ4n) is 2.10. The van der Waals surface area contributed by atoms with Crippen LogP contribution in [0.1, 0.15) is 6.42 Å². The summed E-state index contributed by atoms with van der Waals surface area (Å²) in [7, 11) is -3.44. The molecular weight excluding hydrogens is 271 g/mol. The summed E-state index contributed by atoms with van der Waals surface area (Å²) in [6.45, 7) is 0.662. The summed E-state index contributed by atoms with van der Waals surface area (Å²) in [5, 5.41) is 0. The molecule has 0 bridgehead atoms. The van der Waals surface area contributed by atoms with E-state index in [0.717, 1.165) is 12.3 Å². The molecule has 0 spiro atoms. The van der Waals surface area contributed by atoms with Crippen molar-refractivity contribution in [3.8, 4) is 0 Å². The molecule has 1 atom stereocenters. The van der Waals surface area contributed by atoms with Crippen molar-refractivity contribution in [2.24, 2.45) is 11.7 Å². The van der Waals surface area contributed by atoms with Crippen LogP contribution in [0.3, 0.4) is 0 Å². The fraction of sp³-hybridized carbons (Fsp3) is 0.417. The molecule has 1 aliphatic rings. The minimum atomic E-state index is -3.44. The van der Waals surface area contributed by atoms with Gasteiger partial charge in [0.1, 0.15) is 5.82 Å². The van der Waals surface area contributed by atoms with Crippen molar-refractivity contribution in [2.75, 3.05) is 24.2 Å². The van der Waals surface area contributed by atoms with E-state index < -0.39 is 15.7 Å². The van der Waals surface area contributed by atoms with Gasteiger partial charge in [0.15, 0.2) is 9.84 Å². The SMILES string of the molecule is CS(=O)(=O)c1ccc(F)c(N2CC(CN)CC2=O)c1. The van der Waals surface area contributed by atoms with Crippen LogP contribution in [0.2, 0.25) is 0 Å². The summed E-state index contributed by atoms with van der Waals surface area (Å²) >= 11 is 0. The zero-order valence-corrected chi connectivity index (χ0v) is 11.3. The average Bonchev–Trinajstić information content (AvgIpc) is 2.69. The second-order valence-electron chi connectivity index (χ2n) is 4.70. The molecule has 1 aromatic rings. The molecule has 0 aromatic heterocycles. The number of hydrogen-bond donors (Lipinski definition) is 1. The summed E-state index contributed by atoms with van der Waals surface area (Å²) in [5.74, 6) is -0.868. The number of benzene rings is 1. The number of amides is 1. The zero-order chi connectivity index (χ0) is 14.2. The smallest absolute Gasteiger partial charge is 0.227 e. The Morgan fingerprint density at radius 3 is 2.68 bits per heavy atom. The Kier molecular flexibility index (Phi) is 3.60. The summed E-state index contributed by atoms with van der Waals surface area (Å²) < 4.78 is 36.7. The van der Waals surface area contributed by atoms with Crippen molar-refractivity contribution in [3.05, 3.63) is 24.0 Å². The van der Waals surface area contributed by atoms with Crippen LogP contribution >= 0.6 is 0 Å². The molecule has 5 nitrogen and oxygen atoms in total. The van der Waals surface area contributed by atoms with E-state index in [1.165, 1.54) is 17.0 Å². The molecule has 1 amide bonds. The van der Waals surface area contributed by atoms with Gasteiger partial charge < -0.3 is 10.6 Å². The Balaban J connectivity index is 2.42. The van der Waals surface area contributed by atoms with Crippen LogP contribution in [0.15, 0.2) is 23.1 Å². The maximum atomic E-state index is 13.8. The van der Waals surface area contributed by atoms with Crippen LogP contribution in [-0.4, -0.2) is 33.7 Å². The van der Waals surface area contributed by atoms with Crippen LogP contribution in [0, 0.1) is 11.7 Å². The van der Waals surface area contributed by atoms with Crippen LogP contribution in [0.4, 0.5) is 10.1 Å². The number of anilines is 1. The molecule has 1 fully saturated rings. The molecule has 2 rings (SSSR count). The molecule has 0 radical (unpaired) electrons. The minimum Gasteiger partial charge on any atom is -0.330 e. The van der Waals surface area contributed by atoms with Gasteiger partial charge in [-0.3, -0.25) is 4.79 Å². The highest BCUT2D eigenvalue weighted by Crippen LogP contribution is 2.29. The third-order valence-corrected chi connectivity index (χ3v) is 4.29. The van der Waals surface area contributed by atoms with Gasteiger partial charge in [0, 0.05) is 19.2 Å². The predicted octanol–water partition coefficient (Wildman–Crippen LogP) is 0.541. The second kappa shape index (κ2) is 4.90. The summed E-state index contributed by atoms with van der Waals surface area (Å²) in [6, 6.07) is 3.45. The Labute approximate surface area is 111 Å². The molecule has 0 aliphatic carbocycles. The molecule has 2 N–H and O–H groups in total. The Morgan fingerprint density at radius 1 is 1.47 bits per heavy atom. The van der Waals surface area contributed by atoms with E-state index in [1.54, 1.807) is 0 Å². The topological polar surface area (TPSA) is 80.5 Å². The quantitative estimate of drug-likeness (QED) is 0.822. The van der Waals surface area contributed by atoms with Crippen LogP contribution in [0.25, 0.3) is 0 Å². The number of nitrogens with two attached hydrogens (primary N) is 1. The van der Waals surface area contributed by atoms with Gasteiger partial charge in [-0.2, -0.15) is 0 Å². The monoisotopic (exact) mass is 286 g/mol. The summed E-state index contributed by atoms with van der Waals surface area (Å²) in [6.07, 6.45) is 1.30. The lowest BCUT2D eigenvalue weighted by Gasteiger charge is -2.18. The third kappa shape index (κ3) is 2.76. The Morgan fingerprint density at radius 2 is 2.16 bits per heavy atom. The molecule has 7 heteroatoms. The van der Waals surface area contributed by atoms with Crippen molar-refractivity contribution in [1.29, 1.82) is 0 Å². The molecule has 1 aromatic carbocycles. The van der Waals surface area contributed by atoms with E-state index in [9.17, 15) is 17.6 Å². The molecule has 1 saturated heterocycles. The zero-order valence-electron chi connectivity index (χ0n) is 10.5. The Bertz CT molecular complexity index is 615. The standard InChI is InChI=1S/C12H15FN2O3S/c1-19(17,18)9-2-3-10(13)11(5-9)15-7-8(6-14)4-12(15)16/h2-3,5,8H,4,6-7,14H2,1H3. The van der Waals surface area contributed by atoms with E-state index in [0.29, 0.717) is 13.1 Å². The number of sulfone groups is 1. The lowest BCUT2D eigenvalue weighted by Crippen LogP contribution is -2.26. The van der Waals surface area contributed by atoms with Crippen LogP contribution in [-0.2, 0) is 14.6 Å². The number of carbonyl (C=O) groups excluding carboxylic acids is 1. The number of nitrogens with zero attached hydrogens (tertiary/aromatic N) is 1. The van der Waals surface area contributed by atoms with E-state index in [1.807, 2.05) is 0 Å². The number of rotatable bonds is 3. The first-order valence-electron chi connectivity index (χ1n) is 5.83. The number of hydrogen-bond acceptors (Lipinski definition) is 4. The van der Waals surface area contributed by atoms with Gasteiger partial charge in [0.2, 0.25) is 5.91 Å². The van der Waals surface area contributed by atoms with Gasteiger partial charge in [-0.15, -0.1) is 0 Å². The molecule has 1 aliphatic heterocycles. The third-order valence-electron chi connectivity index (χ3n) is 3.18. The first-order valence-corrected chi connectivity index (χ1v) is 7.72. The first kappa shape index (κ1) is 14.0. The van der Waals surface area contributed by atoms with Gasteiger partial charge in [0.05, 0.1) is 10.6 Å². The summed E-state index contributed by atoms with van der Waals surface area (Å²) in [5.41, 5.74) is 5.51. The van der Waals surface area contributed by atoms with Gasteiger partial charge in [-0.25, -0.2) is 12.8 Å². The minimum absolute atomic E-state index is 0.00359. The predicted molar refractivity (Wildman–Crippen MR) is 69.0 cm³/mol. The lowest BCUT2D eigenvalue weighted by atomic mass is 10.1.